The minimum atomic E-state index is -2.45. The van der Waals surface area contributed by atoms with Crippen molar-refractivity contribution >= 4 is 0 Å². The van der Waals surface area contributed by atoms with Gasteiger partial charge in [-0.2, -0.15) is 4.98 Å². The maximum atomic E-state index is 11.8. The molecule has 7 heteroatoms. The Bertz CT molecular complexity index is 353. The first kappa shape index (κ1) is 12.4. The molecule has 5 nitrogen and oxygen atoms in total. The van der Waals surface area contributed by atoms with Gasteiger partial charge >= 0.3 is 0 Å². The standard InChI is InChI=1S/C10H14F2N2O3/c11-8(12)5-16-2-1-9-13-10(17-14-9)6-3-7(15)4-6/h6-8,15H,1-5H2. The van der Waals surface area contributed by atoms with Crippen LogP contribution in [0.1, 0.15) is 30.5 Å². The summed E-state index contributed by atoms with van der Waals surface area (Å²) >= 11 is 0. The minimum absolute atomic E-state index is 0.133. The summed E-state index contributed by atoms with van der Waals surface area (Å²) in [6.07, 6.45) is -1.09. The van der Waals surface area contributed by atoms with Crippen LogP contribution >= 0.6 is 0 Å². The van der Waals surface area contributed by atoms with Gasteiger partial charge in [0.1, 0.15) is 6.61 Å². The SMILES string of the molecule is OC1CC(c2nc(CCOCC(F)F)no2)C1. The molecule has 1 saturated carbocycles. The van der Waals surface area contributed by atoms with Crippen LogP contribution in [0, 0.1) is 0 Å². The lowest BCUT2D eigenvalue weighted by Gasteiger charge is -2.27. The fraction of sp³-hybridized carbons (Fsp3) is 0.800. The third kappa shape index (κ3) is 3.44. The monoisotopic (exact) mass is 248 g/mol. The third-order valence-electron chi connectivity index (χ3n) is 2.66. The Balaban J connectivity index is 1.71. The van der Waals surface area contributed by atoms with Gasteiger partial charge < -0.3 is 14.4 Å². The van der Waals surface area contributed by atoms with Gasteiger partial charge in [-0.05, 0) is 12.8 Å². The number of aliphatic hydroxyl groups excluding tert-OH is 1. The number of rotatable bonds is 6. The number of halogens is 2. The molecular formula is C10H14F2N2O3. The van der Waals surface area contributed by atoms with Crippen molar-refractivity contribution in [3.8, 4) is 0 Å². The van der Waals surface area contributed by atoms with Crippen LogP contribution in [-0.4, -0.2) is 41.0 Å². The van der Waals surface area contributed by atoms with Crippen molar-refractivity contribution in [3.05, 3.63) is 11.7 Å². The molecule has 17 heavy (non-hydrogen) atoms. The number of hydrogen-bond acceptors (Lipinski definition) is 5. The van der Waals surface area contributed by atoms with E-state index in [1.54, 1.807) is 0 Å². The van der Waals surface area contributed by atoms with E-state index in [9.17, 15) is 8.78 Å². The zero-order chi connectivity index (χ0) is 12.3. The lowest BCUT2D eigenvalue weighted by molar-refractivity contribution is 0.0182. The Morgan fingerprint density at radius 2 is 2.24 bits per heavy atom. The third-order valence-corrected chi connectivity index (χ3v) is 2.66. The molecule has 1 heterocycles. The largest absolute Gasteiger partial charge is 0.393 e. The van der Waals surface area contributed by atoms with Gasteiger partial charge in [0.15, 0.2) is 5.82 Å². The molecule has 1 N–H and O–H groups in total. The van der Waals surface area contributed by atoms with Gasteiger partial charge in [-0.1, -0.05) is 5.16 Å². The lowest BCUT2D eigenvalue weighted by atomic mass is 9.82. The summed E-state index contributed by atoms with van der Waals surface area (Å²) < 4.78 is 33.3. The summed E-state index contributed by atoms with van der Waals surface area (Å²) in [6, 6.07) is 0. The van der Waals surface area contributed by atoms with E-state index < -0.39 is 13.0 Å². The normalized spacial score (nSPS) is 24.0. The number of aliphatic hydroxyl groups is 1. The van der Waals surface area contributed by atoms with Crippen LogP contribution in [0.3, 0.4) is 0 Å². The molecule has 0 aromatic carbocycles. The van der Waals surface area contributed by atoms with Gasteiger partial charge in [0.2, 0.25) is 5.89 Å². The maximum absolute atomic E-state index is 11.8. The van der Waals surface area contributed by atoms with Crippen LogP contribution in [0.4, 0.5) is 8.78 Å². The van der Waals surface area contributed by atoms with E-state index in [2.05, 4.69) is 10.1 Å². The first-order valence-corrected chi connectivity index (χ1v) is 5.51. The number of hydrogen-bond donors (Lipinski definition) is 1. The van der Waals surface area contributed by atoms with Crippen molar-refractivity contribution in [1.29, 1.82) is 0 Å². The summed E-state index contributed by atoms with van der Waals surface area (Å²) in [4.78, 5) is 4.13. The van der Waals surface area contributed by atoms with Gasteiger partial charge in [0.05, 0.1) is 12.7 Å². The Labute approximate surface area is 96.8 Å². The Hall–Kier alpha value is -1.08. The topological polar surface area (TPSA) is 68.4 Å². The molecule has 1 aromatic heterocycles. The van der Waals surface area contributed by atoms with E-state index in [0.29, 0.717) is 31.0 Å². The van der Waals surface area contributed by atoms with Crippen molar-refractivity contribution in [2.45, 2.75) is 37.7 Å². The molecule has 2 rings (SSSR count). The molecule has 1 aromatic rings. The van der Waals surface area contributed by atoms with E-state index in [4.69, 9.17) is 14.4 Å². The van der Waals surface area contributed by atoms with Crippen LogP contribution in [0.25, 0.3) is 0 Å². The quantitative estimate of drug-likeness (QED) is 0.764. The predicted molar refractivity (Wildman–Crippen MR) is 52.8 cm³/mol. The van der Waals surface area contributed by atoms with Crippen LogP contribution in [-0.2, 0) is 11.2 Å². The molecule has 0 unspecified atom stereocenters. The average Bonchev–Trinajstić information content (AvgIpc) is 2.68. The summed E-state index contributed by atoms with van der Waals surface area (Å²) in [6.45, 7) is -0.421. The van der Waals surface area contributed by atoms with Crippen LogP contribution in [0.2, 0.25) is 0 Å². The first-order chi connectivity index (χ1) is 8.15. The molecule has 0 amide bonds. The fourth-order valence-corrected chi connectivity index (χ4v) is 1.66. The van der Waals surface area contributed by atoms with Gasteiger partial charge in [-0.15, -0.1) is 0 Å². The number of aromatic nitrogens is 2. The van der Waals surface area contributed by atoms with E-state index in [0.717, 1.165) is 0 Å². The highest BCUT2D eigenvalue weighted by Gasteiger charge is 2.32. The summed E-state index contributed by atoms with van der Waals surface area (Å²) in [7, 11) is 0. The van der Waals surface area contributed by atoms with Crippen LogP contribution in [0.5, 0.6) is 0 Å². The molecule has 0 atom stereocenters. The minimum Gasteiger partial charge on any atom is -0.393 e. The number of alkyl halides is 2. The average molecular weight is 248 g/mol. The molecule has 1 fully saturated rings. The lowest BCUT2D eigenvalue weighted by Crippen LogP contribution is -2.26. The summed E-state index contributed by atoms with van der Waals surface area (Å²) in [5.74, 6) is 1.10. The second-order valence-electron chi connectivity index (χ2n) is 4.09. The zero-order valence-electron chi connectivity index (χ0n) is 9.18. The molecule has 0 aliphatic heterocycles. The molecule has 0 spiro atoms. The summed E-state index contributed by atoms with van der Waals surface area (Å²) in [5.41, 5.74) is 0. The van der Waals surface area contributed by atoms with E-state index >= 15 is 0 Å². The smallest absolute Gasteiger partial charge is 0.261 e. The Kier molecular flexibility index (Phi) is 4.01. The molecular weight excluding hydrogens is 234 g/mol. The highest BCUT2D eigenvalue weighted by molar-refractivity contribution is 5.01. The van der Waals surface area contributed by atoms with Crippen molar-refractivity contribution in [2.24, 2.45) is 0 Å². The fourth-order valence-electron chi connectivity index (χ4n) is 1.66. The van der Waals surface area contributed by atoms with Gasteiger partial charge in [-0.3, -0.25) is 0 Å². The zero-order valence-corrected chi connectivity index (χ0v) is 9.18. The molecule has 0 bridgehead atoms. The van der Waals surface area contributed by atoms with E-state index in [1.165, 1.54) is 0 Å². The molecule has 96 valence electrons. The van der Waals surface area contributed by atoms with Crippen molar-refractivity contribution in [1.82, 2.24) is 10.1 Å². The molecule has 1 aliphatic rings. The second-order valence-corrected chi connectivity index (χ2v) is 4.09. The highest BCUT2D eigenvalue weighted by Crippen LogP contribution is 2.35. The van der Waals surface area contributed by atoms with Crippen molar-refractivity contribution in [2.75, 3.05) is 13.2 Å². The molecule has 0 radical (unpaired) electrons. The van der Waals surface area contributed by atoms with Crippen molar-refractivity contribution < 1.29 is 23.1 Å². The Morgan fingerprint density at radius 3 is 2.88 bits per heavy atom. The van der Waals surface area contributed by atoms with Crippen molar-refractivity contribution in [3.63, 3.8) is 0 Å². The van der Waals surface area contributed by atoms with Crippen LogP contribution in [0.15, 0.2) is 4.52 Å². The molecule has 1 aliphatic carbocycles. The van der Waals surface area contributed by atoms with Gasteiger partial charge in [-0.25, -0.2) is 8.78 Å². The summed E-state index contributed by atoms with van der Waals surface area (Å²) in [5, 5.41) is 12.9. The Morgan fingerprint density at radius 1 is 1.47 bits per heavy atom. The maximum Gasteiger partial charge on any atom is 0.261 e. The van der Waals surface area contributed by atoms with Gasteiger partial charge in [0, 0.05) is 12.3 Å². The van der Waals surface area contributed by atoms with Crippen LogP contribution < -0.4 is 0 Å². The van der Waals surface area contributed by atoms with E-state index in [1.807, 2.05) is 0 Å². The second kappa shape index (κ2) is 5.50. The molecule has 0 saturated heterocycles. The first-order valence-electron chi connectivity index (χ1n) is 5.51. The highest BCUT2D eigenvalue weighted by atomic mass is 19.3. The van der Waals surface area contributed by atoms with Gasteiger partial charge in [0.25, 0.3) is 6.43 Å². The predicted octanol–water partition coefficient (Wildman–Crippen LogP) is 1.13. The number of ether oxygens (including phenoxy) is 1. The number of nitrogens with zero attached hydrogens (tertiary/aromatic N) is 2. The van der Waals surface area contributed by atoms with E-state index in [-0.39, 0.29) is 18.6 Å².